The molecule has 0 aliphatic heterocycles. The predicted octanol–water partition coefficient (Wildman–Crippen LogP) is 5.81. The van der Waals surface area contributed by atoms with Crippen molar-refractivity contribution in [2.24, 2.45) is 0 Å². The summed E-state index contributed by atoms with van der Waals surface area (Å²) in [7, 11) is 0. The Kier molecular flexibility index (Phi) is 5.55. The Labute approximate surface area is 161 Å². The summed E-state index contributed by atoms with van der Waals surface area (Å²) in [5, 5.41) is 2.39. The van der Waals surface area contributed by atoms with Crippen LogP contribution in [0, 0.1) is 6.92 Å². The summed E-state index contributed by atoms with van der Waals surface area (Å²) in [4.78, 5) is 25.5. The number of hydrogen-bond donors (Lipinski definition) is 0. The molecule has 0 saturated heterocycles. The molecule has 5 heteroatoms. The van der Waals surface area contributed by atoms with E-state index < -0.39 is 12.1 Å². The Morgan fingerprint density at radius 3 is 2.31 bits per heavy atom. The van der Waals surface area contributed by atoms with E-state index in [-0.39, 0.29) is 5.78 Å². The molecule has 2 aromatic carbocycles. The normalized spacial score (nSPS) is 11.8. The molecule has 0 aliphatic carbocycles. The molecule has 1 atom stereocenters. The Morgan fingerprint density at radius 2 is 1.65 bits per heavy atom. The van der Waals surface area contributed by atoms with Crippen molar-refractivity contribution < 1.29 is 14.3 Å². The monoisotopic (exact) mass is 384 g/mol. The minimum atomic E-state index is -0.878. The van der Waals surface area contributed by atoms with Crippen LogP contribution in [0.4, 0.5) is 0 Å². The maximum absolute atomic E-state index is 12.6. The number of aryl methyl sites for hydroxylation is 1. The van der Waals surface area contributed by atoms with Crippen LogP contribution in [0.5, 0.6) is 0 Å². The topological polar surface area (TPSA) is 43.4 Å². The Bertz CT molecular complexity index is 927. The lowest BCUT2D eigenvalue weighted by Crippen LogP contribution is -2.24. The average Bonchev–Trinajstić information content (AvgIpc) is 3.12. The third kappa shape index (κ3) is 4.03. The number of esters is 1. The van der Waals surface area contributed by atoms with Gasteiger partial charge in [0, 0.05) is 16.1 Å². The molecule has 0 aliphatic rings. The molecule has 1 aromatic heterocycles. The lowest BCUT2D eigenvalue weighted by molar-refractivity contribution is 0.0324. The second kappa shape index (κ2) is 7.85. The van der Waals surface area contributed by atoms with Crippen molar-refractivity contribution in [1.82, 2.24) is 0 Å². The smallest absolute Gasteiger partial charge is 0.349 e. The van der Waals surface area contributed by atoms with Crippen molar-refractivity contribution >= 4 is 34.7 Å². The highest BCUT2D eigenvalue weighted by Gasteiger charge is 2.23. The van der Waals surface area contributed by atoms with Gasteiger partial charge in [-0.3, -0.25) is 4.79 Å². The molecule has 0 unspecified atom stereocenters. The highest BCUT2D eigenvalue weighted by atomic mass is 35.5. The fourth-order valence-corrected chi connectivity index (χ4v) is 3.47. The van der Waals surface area contributed by atoms with Gasteiger partial charge >= 0.3 is 5.97 Å². The van der Waals surface area contributed by atoms with E-state index in [0.29, 0.717) is 15.5 Å². The van der Waals surface area contributed by atoms with E-state index in [1.807, 2.05) is 42.6 Å². The number of halogens is 1. The van der Waals surface area contributed by atoms with Crippen LogP contribution in [-0.2, 0) is 4.74 Å². The quantitative estimate of drug-likeness (QED) is 0.412. The molecular formula is C21H17ClO3S. The van der Waals surface area contributed by atoms with E-state index >= 15 is 0 Å². The number of benzene rings is 2. The van der Waals surface area contributed by atoms with E-state index in [4.69, 9.17) is 16.3 Å². The fourth-order valence-electron chi connectivity index (χ4n) is 2.54. The van der Waals surface area contributed by atoms with Crippen LogP contribution in [-0.4, -0.2) is 17.9 Å². The van der Waals surface area contributed by atoms with Crippen molar-refractivity contribution in [3.05, 3.63) is 81.0 Å². The van der Waals surface area contributed by atoms with Gasteiger partial charge in [0.05, 0.1) is 0 Å². The van der Waals surface area contributed by atoms with Gasteiger partial charge < -0.3 is 4.74 Å². The van der Waals surface area contributed by atoms with Gasteiger partial charge in [-0.1, -0.05) is 41.4 Å². The molecule has 26 heavy (non-hydrogen) atoms. The standard InChI is InChI=1S/C21H17ClO3S/c1-13-3-5-15(6-4-13)18-11-12-26-20(18)21(24)25-14(2)19(23)16-7-9-17(22)10-8-16/h3-12,14H,1-2H3/t14-/m0/s1. The molecule has 0 bridgehead atoms. The average molecular weight is 385 g/mol. The first-order valence-electron chi connectivity index (χ1n) is 8.11. The number of ether oxygens (including phenoxy) is 1. The molecule has 132 valence electrons. The van der Waals surface area contributed by atoms with E-state index in [1.165, 1.54) is 11.3 Å². The van der Waals surface area contributed by atoms with Crippen molar-refractivity contribution in [3.8, 4) is 11.1 Å². The summed E-state index contributed by atoms with van der Waals surface area (Å²) >= 11 is 7.14. The summed E-state index contributed by atoms with van der Waals surface area (Å²) < 4.78 is 5.42. The van der Waals surface area contributed by atoms with Gasteiger partial charge in [-0.15, -0.1) is 11.3 Å². The lowest BCUT2D eigenvalue weighted by atomic mass is 10.0. The maximum Gasteiger partial charge on any atom is 0.349 e. The maximum atomic E-state index is 12.6. The van der Waals surface area contributed by atoms with Crippen LogP contribution in [0.15, 0.2) is 60.0 Å². The molecule has 3 aromatic rings. The van der Waals surface area contributed by atoms with Gasteiger partial charge in [-0.2, -0.15) is 0 Å². The fraction of sp³-hybridized carbons (Fsp3) is 0.143. The first kappa shape index (κ1) is 18.4. The van der Waals surface area contributed by atoms with Crippen LogP contribution in [0.25, 0.3) is 11.1 Å². The Morgan fingerprint density at radius 1 is 1.00 bits per heavy atom. The number of Topliss-reactive ketones (excluding diaryl/α,β-unsaturated/α-hetero) is 1. The van der Waals surface area contributed by atoms with Crippen LogP contribution >= 0.6 is 22.9 Å². The number of rotatable bonds is 5. The van der Waals surface area contributed by atoms with E-state index in [2.05, 4.69) is 0 Å². The summed E-state index contributed by atoms with van der Waals surface area (Å²) in [5.41, 5.74) is 3.36. The van der Waals surface area contributed by atoms with Crippen molar-refractivity contribution in [1.29, 1.82) is 0 Å². The molecule has 0 saturated carbocycles. The van der Waals surface area contributed by atoms with Gasteiger partial charge in [-0.05, 0) is 55.1 Å². The van der Waals surface area contributed by atoms with Crippen LogP contribution in [0.3, 0.4) is 0 Å². The number of hydrogen-bond acceptors (Lipinski definition) is 4. The van der Waals surface area contributed by atoms with Crippen molar-refractivity contribution in [2.75, 3.05) is 0 Å². The van der Waals surface area contributed by atoms with E-state index in [1.54, 1.807) is 31.2 Å². The predicted molar refractivity (Wildman–Crippen MR) is 105 cm³/mol. The first-order valence-corrected chi connectivity index (χ1v) is 9.37. The van der Waals surface area contributed by atoms with E-state index in [0.717, 1.165) is 16.7 Å². The van der Waals surface area contributed by atoms with Gasteiger partial charge in [0.15, 0.2) is 6.10 Å². The zero-order valence-electron chi connectivity index (χ0n) is 14.4. The molecule has 3 nitrogen and oxygen atoms in total. The number of thiophene rings is 1. The third-order valence-corrected chi connectivity index (χ3v) is 5.14. The molecule has 0 amide bonds. The molecule has 3 rings (SSSR count). The molecule has 0 N–H and O–H groups in total. The first-order chi connectivity index (χ1) is 12.5. The van der Waals surface area contributed by atoms with Crippen molar-refractivity contribution in [3.63, 3.8) is 0 Å². The molecule has 0 fully saturated rings. The minimum absolute atomic E-state index is 0.261. The van der Waals surface area contributed by atoms with Crippen LogP contribution in [0.2, 0.25) is 5.02 Å². The van der Waals surface area contributed by atoms with Crippen LogP contribution in [0.1, 0.15) is 32.5 Å². The van der Waals surface area contributed by atoms with E-state index in [9.17, 15) is 9.59 Å². The van der Waals surface area contributed by atoms with Crippen LogP contribution < -0.4 is 0 Å². The Hall–Kier alpha value is -2.43. The Balaban J connectivity index is 1.76. The molecule has 1 heterocycles. The summed E-state index contributed by atoms with van der Waals surface area (Å²) in [6, 6.07) is 16.3. The number of carbonyl (C=O) groups is 2. The van der Waals surface area contributed by atoms with Gasteiger partial charge in [0.1, 0.15) is 4.88 Å². The third-order valence-electron chi connectivity index (χ3n) is 3.99. The summed E-state index contributed by atoms with van der Waals surface area (Å²) in [5.74, 6) is -0.756. The van der Waals surface area contributed by atoms with Gasteiger partial charge in [0.2, 0.25) is 5.78 Å². The number of ketones is 1. The number of carbonyl (C=O) groups excluding carboxylic acids is 2. The SMILES string of the molecule is Cc1ccc(-c2ccsc2C(=O)O[C@@H](C)C(=O)c2ccc(Cl)cc2)cc1. The molecular weight excluding hydrogens is 368 g/mol. The largest absolute Gasteiger partial charge is 0.450 e. The van der Waals surface area contributed by atoms with Gasteiger partial charge in [-0.25, -0.2) is 4.79 Å². The highest BCUT2D eigenvalue weighted by Crippen LogP contribution is 2.29. The second-order valence-electron chi connectivity index (χ2n) is 5.95. The zero-order chi connectivity index (χ0) is 18.7. The summed E-state index contributed by atoms with van der Waals surface area (Å²) in [6.45, 7) is 3.59. The second-order valence-corrected chi connectivity index (χ2v) is 7.30. The van der Waals surface area contributed by atoms with Crippen molar-refractivity contribution in [2.45, 2.75) is 20.0 Å². The molecule has 0 spiro atoms. The minimum Gasteiger partial charge on any atom is -0.450 e. The highest BCUT2D eigenvalue weighted by molar-refractivity contribution is 7.12. The van der Waals surface area contributed by atoms with Gasteiger partial charge in [0.25, 0.3) is 0 Å². The lowest BCUT2D eigenvalue weighted by Gasteiger charge is -2.13. The zero-order valence-corrected chi connectivity index (χ0v) is 15.9. The molecule has 0 radical (unpaired) electrons. The summed E-state index contributed by atoms with van der Waals surface area (Å²) in [6.07, 6.45) is -0.878.